The Morgan fingerprint density at radius 1 is 0.875 bits per heavy atom. The molecule has 2 amide bonds. The molecule has 6 heteroatoms. The van der Waals surface area contributed by atoms with Gasteiger partial charge in [0.05, 0.1) is 6.61 Å². The maximum atomic E-state index is 12.4. The highest BCUT2D eigenvalue weighted by Crippen LogP contribution is 2.17. The number of anilines is 1. The Morgan fingerprint density at radius 3 is 2.19 bits per heavy atom. The first-order chi connectivity index (χ1) is 15.5. The number of ether oxygens (including phenoxy) is 2. The van der Waals surface area contributed by atoms with Gasteiger partial charge in [-0.1, -0.05) is 30.3 Å². The zero-order valence-electron chi connectivity index (χ0n) is 18.3. The molecule has 0 radical (unpaired) electrons. The molecule has 0 heterocycles. The van der Waals surface area contributed by atoms with Gasteiger partial charge in [-0.25, -0.2) is 0 Å². The van der Waals surface area contributed by atoms with E-state index in [0.29, 0.717) is 30.2 Å². The predicted molar refractivity (Wildman–Crippen MR) is 125 cm³/mol. The highest BCUT2D eigenvalue weighted by Gasteiger charge is 2.15. The van der Waals surface area contributed by atoms with Gasteiger partial charge in [-0.05, 0) is 74.4 Å². The van der Waals surface area contributed by atoms with Gasteiger partial charge in [0.2, 0.25) is 0 Å². The van der Waals surface area contributed by atoms with Gasteiger partial charge in [-0.15, -0.1) is 0 Å². The SMILES string of the molecule is CCOc1ccc(NC(=O)C(C)Oc2ccc(C(=O)NCCc3ccccc3)cc2)cc1. The molecule has 1 unspecified atom stereocenters. The molecule has 166 valence electrons. The number of benzene rings is 3. The van der Waals surface area contributed by atoms with Crippen LogP contribution in [0, 0.1) is 0 Å². The summed E-state index contributed by atoms with van der Waals surface area (Å²) in [5.41, 5.74) is 2.38. The second kappa shape index (κ2) is 11.6. The third kappa shape index (κ3) is 6.87. The largest absolute Gasteiger partial charge is 0.494 e. The Balaban J connectivity index is 1.46. The van der Waals surface area contributed by atoms with Gasteiger partial charge >= 0.3 is 0 Å². The topological polar surface area (TPSA) is 76.7 Å². The summed E-state index contributed by atoms with van der Waals surface area (Å²) in [7, 11) is 0. The summed E-state index contributed by atoms with van der Waals surface area (Å²) in [5, 5.41) is 5.73. The lowest BCUT2D eigenvalue weighted by atomic mass is 10.1. The summed E-state index contributed by atoms with van der Waals surface area (Å²) in [6.07, 6.45) is 0.0708. The van der Waals surface area contributed by atoms with Crippen molar-refractivity contribution in [2.45, 2.75) is 26.4 Å². The lowest BCUT2D eigenvalue weighted by Crippen LogP contribution is -2.30. The van der Waals surface area contributed by atoms with Crippen molar-refractivity contribution in [1.82, 2.24) is 5.32 Å². The Hall–Kier alpha value is -3.80. The molecule has 0 bridgehead atoms. The molecule has 6 nitrogen and oxygen atoms in total. The fraction of sp³-hybridized carbons (Fsp3) is 0.231. The summed E-state index contributed by atoms with van der Waals surface area (Å²) in [5.74, 6) is 0.852. The molecule has 0 aromatic heterocycles. The van der Waals surface area contributed by atoms with Crippen LogP contribution in [0.1, 0.15) is 29.8 Å². The first kappa shape index (κ1) is 22.9. The van der Waals surface area contributed by atoms with Gasteiger partial charge in [0.15, 0.2) is 6.10 Å². The van der Waals surface area contributed by atoms with Crippen LogP contribution in [0.25, 0.3) is 0 Å². The Bertz CT molecular complexity index is 1000. The minimum absolute atomic E-state index is 0.145. The van der Waals surface area contributed by atoms with E-state index in [2.05, 4.69) is 10.6 Å². The number of rotatable bonds is 10. The van der Waals surface area contributed by atoms with Crippen LogP contribution in [0.4, 0.5) is 5.69 Å². The van der Waals surface area contributed by atoms with Crippen LogP contribution in [0.5, 0.6) is 11.5 Å². The molecule has 0 aliphatic carbocycles. The maximum absolute atomic E-state index is 12.4. The molecule has 3 aromatic carbocycles. The summed E-state index contributed by atoms with van der Waals surface area (Å²) in [6, 6.07) is 23.9. The van der Waals surface area contributed by atoms with Crippen LogP contribution in [0.15, 0.2) is 78.9 Å². The second-order valence-corrected chi connectivity index (χ2v) is 7.22. The Morgan fingerprint density at radius 2 is 1.53 bits per heavy atom. The van der Waals surface area contributed by atoms with E-state index in [1.165, 1.54) is 5.56 Å². The number of amides is 2. The van der Waals surface area contributed by atoms with Crippen LogP contribution in [-0.2, 0) is 11.2 Å². The molecule has 3 rings (SSSR count). The van der Waals surface area contributed by atoms with Gasteiger partial charge in [-0.3, -0.25) is 9.59 Å². The third-order valence-corrected chi connectivity index (χ3v) is 4.77. The van der Waals surface area contributed by atoms with Crippen molar-refractivity contribution in [3.8, 4) is 11.5 Å². The van der Waals surface area contributed by atoms with Crippen LogP contribution < -0.4 is 20.1 Å². The molecule has 3 aromatic rings. The normalized spacial score (nSPS) is 11.3. The third-order valence-electron chi connectivity index (χ3n) is 4.77. The predicted octanol–water partition coefficient (Wildman–Crippen LogP) is 4.46. The smallest absolute Gasteiger partial charge is 0.265 e. The molecule has 2 N–H and O–H groups in total. The van der Waals surface area contributed by atoms with Crippen LogP contribution in [-0.4, -0.2) is 31.1 Å². The maximum Gasteiger partial charge on any atom is 0.265 e. The van der Waals surface area contributed by atoms with Crippen molar-refractivity contribution in [3.05, 3.63) is 90.0 Å². The van der Waals surface area contributed by atoms with Gasteiger partial charge in [-0.2, -0.15) is 0 Å². The van der Waals surface area contributed by atoms with Crippen molar-refractivity contribution in [2.24, 2.45) is 0 Å². The summed E-state index contributed by atoms with van der Waals surface area (Å²) in [4.78, 5) is 24.7. The van der Waals surface area contributed by atoms with Gasteiger partial charge in [0.25, 0.3) is 11.8 Å². The molecule has 32 heavy (non-hydrogen) atoms. The van der Waals surface area contributed by atoms with E-state index in [1.54, 1.807) is 55.5 Å². The quantitative estimate of drug-likeness (QED) is 0.496. The molecule has 0 aliphatic heterocycles. The summed E-state index contributed by atoms with van der Waals surface area (Å²) >= 11 is 0. The summed E-state index contributed by atoms with van der Waals surface area (Å²) in [6.45, 7) is 4.74. The molecule has 1 atom stereocenters. The fourth-order valence-electron chi connectivity index (χ4n) is 3.05. The monoisotopic (exact) mass is 432 g/mol. The van der Waals surface area contributed by atoms with Gasteiger partial charge < -0.3 is 20.1 Å². The average Bonchev–Trinajstić information content (AvgIpc) is 2.81. The van der Waals surface area contributed by atoms with E-state index >= 15 is 0 Å². The highest BCUT2D eigenvalue weighted by atomic mass is 16.5. The van der Waals surface area contributed by atoms with Gasteiger partial charge in [0.1, 0.15) is 11.5 Å². The number of nitrogens with one attached hydrogen (secondary N) is 2. The number of carbonyl (C=O) groups is 2. The van der Waals surface area contributed by atoms with E-state index in [4.69, 9.17) is 9.47 Å². The zero-order chi connectivity index (χ0) is 22.8. The van der Waals surface area contributed by atoms with Crippen molar-refractivity contribution >= 4 is 17.5 Å². The molecule has 0 aliphatic rings. The van der Waals surface area contributed by atoms with Crippen LogP contribution in [0.2, 0.25) is 0 Å². The minimum atomic E-state index is -0.702. The van der Waals surface area contributed by atoms with E-state index < -0.39 is 6.10 Å². The van der Waals surface area contributed by atoms with Crippen LogP contribution >= 0.6 is 0 Å². The lowest BCUT2D eigenvalue weighted by molar-refractivity contribution is -0.122. The minimum Gasteiger partial charge on any atom is -0.494 e. The average molecular weight is 433 g/mol. The number of carbonyl (C=O) groups excluding carboxylic acids is 2. The summed E-state index contributed by atoms with van der Waals surface area (Å²) < 4.78 is 11.1. The molecule has 0 saturated carbocycles. The second-order valence-electron chi connectivity index (χ2n) is 7.22. The van der Waals surface area contributed by atoms with Gasteiger partial charge in [0, 0.05) is 17.8 Å². The van der Waals surface area contributed by atoms with E-state index in [9.17, 15) is 9.59 Å². The standard InChI is InChI=1S/C26H28N2O4/c1-3-31-23-15-11-22(12-16-23)28-25(29)19(2)32-24-13-9-21(10-14-24)26(30)27-18-17-20-7-5-4-6-8-20/h4-16,19H,3,17-18H2,1-2H3,(H,27,30)(H,28,29). The van der Waals surface area contributed by atoms with E-state index in [-0.39, 0.29) is 11.8 Å². The fourth-order valence-corrected chi connectivity index (χ4v) is 3.05. The van der Waals surface area contributed by atoms with E-state index in [0.717, 1.165) is 12.2 Å². The first-order valence-electron chi connectivity index (χ1n) is 10.7. The molecule has 0 spiro atoms. The Kier molecular flexibility index (Phi) is 8.26. The molecule has 0 fully saturated rings. The molecular weight excluding hydrogens is 404 g/mol. The lowest BCUT2D eigenvalue weighted by Gasteiger charge is -2.15. The number of hydrogen-bond acceptors (Lipinski definition) is 4. The van der Waals surface area contributed by atoms with E-state index in [1.807, 2.05) is 37.3 Å². The number of hydrogen-bond donors (Lipinski definition) is 2. The molecule has 0 saturated heterocycles. The van der Waals surface area contributed by atoms with Crippen molar-refractivity contribution in [1.29, 1.82) is 0 Å². The van der Waals surface area contributed by atoms with Crippen molar-refractivity contribution in [2.75, 3.05) is 18.5 Å². The highest BCUT2D eigenvalue weighted by molar-refractivity contribution is 5.95. The van der Waals surface area contributed by atoms with Crippen LogP contribution in [0.3, 0.4) is 0 Å². The van der Waals surface area contributed by atoms with Crippen molar-refractivity contribution in [3.63, 3.8) is 0 Å². The van der Waals surface area contributed by atoms with Crippen molar-refractivity contribution < 1.29 is 19.1 Å². The zero-order valence-corrected chi connectivity index (χ0v) is 18.3. The first-order valence-corrected chi connectivity index (χ1v) is 10.7. The molecular formula is C26H28N2O4. The Labute approximate surface area is 188 Å².